The number of hydrogen-bond acceptors (Lipinski definition) is 4. The van der Waals surface area contributed by atoms with E-state index in [1.54, 1.807) is 42.7 Å². The van der Waals surface area contributed by atoms with Crippen molar-refractivity contribution in [3.8, 4) is 17.6 Å². The zero-order valence-electron chi connectivity index (χ0n) is 12.7. The van der Waals surface area contributed by atoms with E-state index < -0.39 is 5.41 Å². The van der Waals surface area contributed by atoms with Gasteiger partial charge in [0.1, 0.15) is 16.9 Å². The number of anilines is 1. The number of nitrogens with one attached hydrogen (secondary N) is 1. The van der Waals surface area contributed by atoms with Gasteiger partial charge in [0, 0.05) is 24.1 Å². The number of nitrogens with zero attached hydrogens (tertiary/aromatic N) is 2. The van der Waals surface area contributed by atoms with Crippen LogP contribution in [-0.2, 0) is 4.79 Å². The zero-order chi connectivity index (χ0) is 16.1. The molecule has 1 aliphatic carbocycles. The summed E-state index contributed by atoms with van der Waals surface area (Å²) in [6.07, 6.45) is 6.40. The van der Waals surface area contributed by atoms with Gasteiger partial charge >= 0.3 is 0 Å². The number of ether oxygens (including phenoxy) is 1. The van der Waals surface area contributed by atoms with Crippen LogP contribution in [-0.4, -0.2) is 10.9 Å². The lowest BCUT2D eigenvalue weighted by atomic mass is 9.87. The normalized spacial score (nSPS) is 15.6. The van der Waals surface area contributed by atoms with Crippen LogP contribution in [0.1, 0.15) is 25.7 Å². The highest BCUT2D eigenvalue weighted by Crippen LogP contribution is 2.38. The van der Waals surface area contributed by atoms with Crippen molar-refractivity contribution in [2.24, 2.45) is 5.41 Å². The average molecular weight is 307 g/mol. The number of benzene rings is 1. The number of nitriles is 1. The Bertz CT molecular complexity index is 731. The minimum absolute atomic E-state index is 0.224. The second-order valence-electron chi connectivity index (χ2n) is 5.67. The van der Waals surface area contributed by atoms with Gasteiger partial charge < -0.3 is 10.1 Å². The third kappa shape index (κ3) is 3.32. The fourth-order valence-electron chi connectivity index (χ4n) is 2.80. The third-order valence-corrected chi connectivity index (χ3v) is 4.08. The molecule has 23 heavy (non-hydrogen) atoms. The van der Waals surface area contributed by atoms with Crippen LogP contribution in [0.25, 0.3) is 0 Å². The molecular formula is C18H17N3O2. The molecule has 1 saturated carbocycles. The second kappa shape index (κ2) is 6.49. The van der Waals surface area contributed by atoms with Crippen molar-refractivity contribution in [1.82, 2.24) is 4.98 Å². The Kier molecular flexibility index (Phi) is 4.24. The van der Waals surface area contributed by atoms with Gasteiger partial charge in [0.2, 0.25) is 5.91 Å². The van der Waals surface area contributed by atoms with Crippen molar-refractivity contribution in [3.63, 3.8) is 0 Å². The zero-order valence-corrected chi connectivity index (χ0v) is 12.7. The van der Waals surface area contributed by atoms with Crippen molar-refractivity contribution in [3.05, 3.63) is 48.8 Å². The first kappa shape index (κ1) is 15.0. The van der Waals surface area contributed by atoms with E-state index in [0.717, 1.165) is 12.8 Å². The van der Waals surface area contributed by atoms with Crippen molar-refractivity contribution < 1.29 is 9.53 Å². The van der Waals surface area contributed by atoms with Gasteiger partial charge in [-0.05, 0) is 37.1 Å². The standard InChI is InChI=1S/C18H17N3O2/c19-13-18(8-1-2-9-18)17(22)21-14-4-3-5-16(12-14)23-15-6-10-20-11-7-15/h3-7,10-12H,1-2,8-9H2,(H,21,22). The largest absolute Gasteiger partial charge is 0.457 e. The fourth-order valence-corrected chi connectivity index (χ4v) is 2.80. The maximum atomic E-state index is 12.5. The minimum Gasteiger partial charge on any atom is -0.457 e. The number of aromatic nitrogens is 1. The van der Waals surface area contributed by atoms with Gasteiger partial charge in [-0.3, -0.25) is 9.78 Å². The van der Waals surface area contributed by atoms with E-state index in [2.05, 4.69) is 16.4 Å². The topological polar surface area (TPSA) is 75.0 Å². The molecule has 1 N–H and O–H groups in total. The van der Waals surface area contributed by atoms with Gasteiger partial charge in [-0.1, -0.05) is 18.9 Å². The van der Waals surface area contributed by atoms with Crippen LogP contribution < -0.4 is 10.1 Å². The summed E-state index contributed by atoms with van der Waals surface area (Å²) in [7, 11) is 0. The molecule has 2 aromatic rings. The Morgan fingerprint density at radius 2 is 1.91 bits per heavy atom. The molecular weight excluding hydrogens is 290 g/mol. The van der Waals surface area contributed by atoms with Crippen molar-refractivity contribution >= 4 is 11.6 Å². The lowest BCUT2D eigenvalue weighted by Gasteiger charge is -2.19. The monoisotopic (exact) mass is 307 g/mol. The second-order valence-corrected chi connectivity index (χ2v) is 5.67. The molecule has 1 heterocycles. The molecule has 0 unspecified atom stereocenters. The van der Waals surface area contributed by atoms with Crippen LogP contribution in [0.3, 0.4) is 0 Å². The van der Waals surface area contributed by atoms with E-state index in [1.165, 1.54) is 0 Å². The van der Waals surface area contributed by atoms with E-state index >= 15 is 0 Å². The summed E-state index contributed by atoms with van der Waals surface area (Å²) in [5, 5.41) is 12.2. The van der Waals surface area contributed by atoms with Gasteiger partial charge in [0.15, 0.2) is 0 Å². The summed E-state index contributed by atoms with van der Waals surface area (Å²) in [6.45, 7) is 0. The van der Waals surface area contributed by atoms with Crippen LogP contribution in [0.15, 0.2) is 48.8 Å². The molecule has 116 valence electrons. The van der Waals surface area contributed by atoms with Crippen molar-refractivity contribution in [2.45, 2.75) is 25.7 Å². The Balaban J connectivity index is 1.73. The van der Waals surface area contributed by atoms with Gasteiger partial charge in [-0.25, -0.2) is 0 Å². The molecule has 1 aromatic carbocycles. The molecule has 0 saturated heterocycles. The summed E-state index contributed by atoms with van der Waals surface area (Å²) in [6, 6.07) is 12.9. The molecule has 0 bridgehead atoms. The molecule has 0 radical (unpaired) electrons. The number of amides is 1. The summed E-state index contributed by atoms with van der Waals surface area (Å²) in [4.78, 5) is 16.4. The lowest BCUT2D eigenvalue weighted by molar-refractivity contribution is -0.122. The number of pyridine rings is 1. The van der Waals surface area contributed by atoms with Gasteiger partial charge in [0.25, 0.3) is 0 Å². The molecule has 1 aromatic heterocycles. The fraction of sp³-hybridized carbons (Fsp3) is 0.278. The number of carbonyl (C=O) groups is 1. The summed E-state index contributed by atoms with van der Waals surface area (Å²) in [5.41, 5.74) is -0.259. The Hall–Kier alpha value is -2.87. The van der Waals surface area contributed by atoms with E-state index in [9.17, 15) is 10.1 Å². The average Bonchev–Trinajstić information content (AvgIpc) is 3.06. The smallest absolute Gasteiger partial charge is 0.244 e. The van der Waals surface area contributed by atoms with E-state index in [-0.39, 0.29) is 5.91 Å². The Labute approximate surface area is 134 Å². The van der Waals surface area contributed by atoms with E-state index in [1.807, 2.05) is 6.07 Å². The highest BCUT2D eigenvalue weighted by Gasteiger charge is 2.41. The molecule has 0 spiro atoms. The third-order valence-electron chi connectivity index (χ3n) is 4.08. The van der Waals surface area contributed by atoms with Crippen LogP contribution >= 0.6 is 0 Å². The van der Waals surface area contributed by atoms with Gasteiger partial charge in [0.05, 0.1) is 6.07 Å². The first-order valence-electron chi connectivity index (χ1n) is 7.62. The molecule has 0 atom stereocenters. The molecule has 1 amide bonds. The molecule has 1 aliphatic rings. The Morgan fingerprint density at radius 1 is 1.17 bits per heavy atom. The SMILES string of the molecule is N#CC1(C(=O)Nc2cccc(Oc3ccncc3)c2)CCCC1. The summed E-state index contributed by atoms with van der Waals surface area (Å²) < 4.78 is 5.72. The highest BCUT2D eigenvalue weighted by molar-refractivity contribution is 5.97. The molecule has 5 heteroatoms. The van der Waals surface area contributed by atoms with Gasteiger partial charge in [-0.2, -0.15) is 5.26 Å². The van der Waals surface area contributed by atoms with Gasteiger partial charge in [-0.15, -0.1) is 0 Å². The number of hydrogen-bond donors (Lipinski definition) is 1. The molecule has 1 fully saturated rings. The minimum atomic E-state index is -0.887. The molecule has 5 nitrogen and oxygen atoms in total. The molecule has 0 aliphatic heterocycles. The summed E-state index contributed by atoms with van der Waals surface area (Å²) >= 11 is 0. The van der Waals surface area contributed by atoms with Crippen LogP contribution in [0, 0.1) is 16.7 Å². The predicted octanol–water partition coefficient (Wildman–Crippen LogP) is 3.90. The number of carbonyl (C=O) groups excluding carboxylic acids is 1. The highest BCUT2D eigenvalue weighted by atomic mass is 16.5. The summed E-state index contributed by atoms with van der Waals surface area (Å²) in [5.74, 6) is 1.07. The lowest BCUT2D eigenvalue weighted by Crippen LogP contribution is -2.32. The maximum absolute atomic E-state index is 12.5. The Morgan fingerprint density at radius 3 is 2.61 bits per heavy atom. The predicted molar refractivity (Wildman–Crippen MR) is 85.9 cm³/mol. The van der Waals surface area contributed by atoms with E-state index in [4.69, 9.17) is 4.74 Å². The van der Waals surface area contributed by atoms with Crippen molar-refractivity contribution in [2.75, 3.05) is 5.32 Å². The number of rotatable bonds is 4. The van der Waals surface area contributed by atoms with Crippen LogP contribution in [0.4, 0.5) is 5.69 Å². The maximum Gasteiger partial charge on any atom is 0.244 e. The molecule has 3 rings (SSSR count). The van der Waals surface area contributed by atoms with Crippen LogP contribution in [0.2, 0.25) is 0 Å². The quantitative estimate of drug-likeness (QED) is 0.929. The van der Waals surface area contributed by atoms with Crippen molar-refractivity contribution in [1.29, 1.82) is 5.26 Å². The first-order valence-corrected chi connectivity index (χ1v) is 7.62. The first-order chi connectivity index (χ1) is 11.2. The van der Waals surface area contributed by atoms with E-state index in [0.29, 0.717) is 30.0 Å². The van der Waals surface area contributed by atoms with Crippen LogP contribution in [0.5, 0.6) is 11.5 Å².